The average Bonchev–Trinajstić information content (AvgIpc) is 2.85. The Morgan fingerprint density at radius 1 is 0.941 bits per heavy atom. The van der Waals surface area contributed by atoms with E-state index in [0.717, 1.165) is 23.7 Å². The Hall–Kier alpha value is -2.68. The van der Waals surface area contributed by atoms with Gasteiger partial charge < -0.3 is 14.7 Å². The van der Waals surface area contributed by atoms with Gasteiger partial charge in [-0.15, -0.1) is 10.2 Å². The first-order valence-electron chi connectivity index (χ1n) is 12.2. The molecular weight excluding hydrogens is 450 g/mol. The highest BCUT2D eigenvalue weighted by atomic mass is 32.2. The van der Waals surface area contributed by atoms with E-state index in [4.69, 9.17) is 0 Å². The Kier molecular flexibility index (Phi) is 7.40. The topological polar surface area (TPSA) is 86.7 Å². The highest BCUT2D eigenvalue weighted by Crippen LogP contribution is 2.24. The molecule has 2 aromatic rings. The van der Waals surface area contributed by atoms with Gasteiger partial charge >= 0.3 is 0 Å². The summed E-state index contributed by atoms with van der Waals surface area (Å²) < 4.78 is 24.6. The van der Waals surface area contributed by atoms with Gasteiger partial charge in [0.1, 0.15) is 0 Å². The molecule has 1 aromatic carbocycles. The molecule has 1 unspecified atom stereocenters. The van der Waals surface area contributed by atoms with E-state index >= 15 is 0 Å². The highest BCUT2D eigenvalue weighted by molar-refractivity contribution is 7.92. The van der Waals surface area contributed by atoms with E-state index in [-0.39, 0.29) is 12.3 Å². The van der Waals surface area contributed by atoms with E-state index in [1.807, 2.05) is 11.0 Å². The van der Waals surface area contributed by atoms with Crippen LogP contribution >= 0.6 is 0 Å². The number of carbonyl (C=O) groups excluding carboxylic acids is 1. The van der Waals surface area contributed by atoms with Crippen molar-refractivity contribution in [1.29, 1.82) is 0 Å². The van der Waals surface area contributed by atoms with Crippen LogP contribution in [0.4, 0.5) is 11.6 Å². The van der Waals surface area contributed by atoms with Crippen molar-refractivity contribution in [2.24, 2.45) is 0 Å². The summed E-state index contributed by atoms with van der Waals surface area (Å²) >= 11 is 0. The van der Waals surface area contributed by atoms with Crippen molar-refractivity contribution in [3.63, 3.8) is 0 Å². The van der Waals surface area contributed by atoms with Crippen LogP contribution in [0.2, 0.25) is 0 Å². The summed E-state index contributed by atoms with van der Waals surface area (Å²) in [5.41, 5.74) is 0.823. The zero-order chi connectivity index (χ0) is 24.3. The molecule has 184 valence electrons. The molecule has 0 N–H and O–H groups in total. The number of sulfone groups is 1. The van der Waals surface area contributed by atoms with Gasteiger partial charge in [-0.25, -0.2) is 8.42 Å². The highest BCUT2D eigenvalue weighted by Gasteiger charge is 2.24. The number of anilines is 2. The third-order valence-corrected chi connectivity index (χ3v) is 9.09. The van der Waals surface area contributed by atoms with E-state index in [1.165, 1.54) is 19.3 Å². The van der Waals surface area contributed by atoms with Crippen molar-refractivity contribution in [3.8, 4) is 0 Å². The zero-order valence-electron chi connectivity index (χ0n) is 20.4. The molecule has 4 rings (SSSR count). The summed E-state index contributed by atoms with van der Waals surface area (Å²) in [7, 11) is -3.30. The molecule has 1 atom stereocenters. The Balaban J connectivity index is 1.30. The quantitative estimate of drug-likeness (QED) is 0.622. The van der Waals surface area contributed by atoms with Crippen molar-refractivity contribution < 1.29 is 13.2 Å². The fourth-order valence-electron chi connectivity index (χ4n) is 4.62. The fraction of sp³-hybridized carbons (Fsp3) is 0.560. The first-order valence-corrected chi connectivity index (χ1v) is 13.8. The Morgan fingerprint density at radius 3 is 2.18 bits per heavy atom. The number of hydrogen-bond acceptors (Lipinski definition) is 7. The number of piperidine rings is 1. The summed E-state index contributed by atoms with van der Waals surface area (Å²) in [6, 6.07) is 11.3. The summed E-state index contributed by atoms with van der Waals surface area (Å²) in [6.07, 6.45) is 3.94. The lowest BCUT2D eigenvalue weighted by molar-refractivity contribution is -0.130. The third-order valence-electron chi connectivity index (χ3n) is 6.92. The number of nitrogens with zero attached hydrogens (tertiary/aromatic N) is 5. The van der Waals surface area contributed by atoms with Crippen LogP contribution in [0.25, 0.3) is 0 Å². The fourth-order valence-corrected chi connectivity index (χ4v) is 5.68. The number of aromatic nitrogens is 2. The molecule has 0 radical (unpaired) electrons. The van der Waals surface area contributed by atoms with Crippen LogP contribution in [-0.4, -0.2) is 73.4 Å². The van der Waals surface area contributed by atoms with Crippen LogP contribution in [0, 0.1) is 0 Å². The Morgan fingerprint density at radius 2 is 1.59 bits per heavy atom. The van der Waals surface area contributed by atoms with Gasteiger partial charge in [-0.2, -0.15) is 0 Å². The lowest BCUT2D eigenvalue weighted by Gasteiger charge is -2.36. The van der Waals surface area contributed by atoms with Crippen molar-refractivity contribution in [2.75, 3.05) is 42.5 Å². The van der Waals surface area contributed by atoms with E-state index < -0.39 is 15.1 Å². The number of amides is 1. The first-order chi connectivity index (χ1) is 16.3. The third kappa shape index (κ3) is 5.35. The normalized spacial score (nSPS) is 19.5. The monoisotopic (exact) mass is 485 g/mol. The van der Waals surface area contributed by atoms with Gasteiger partial charge in [-0.1, -0.05) is 12.1 Å². The number of piperazine rings is 1. The maximum atomic E-state index is 12.8. The predicted octanol–water partition coefficient (Wildman–Crippen LogP) is 2.93. The van der Waals surface area contributed by atoms with E-state index in [1.54, 1.807) is 38.1 Å². The predicted molar refractivity (Wildman–Crippen MR) is 134 cm³/mol. The lowest BCUT2D eigenvalue weighted by atomic mass is 10.0. The molecule has 9 heteroatoms. The second kappa shape index (κ2) is 10.3. The minimum absolute atomic E-state index is 0.0552. The van der Waals surface area contributed by atoms with Crippen molar-refractivity contribution in [1.82, 2.24) is 15.1 Å². The Labute approximate surface area is 202 Å². The zero-order valence-corrected chi connectivity index (χ0v) is 21.2. The molecule has 2 saturated heterocycles. The maximum Gasteiger partial charge on any atom is 0.227 e. The molecule has 8 nitrogen and oxygen atoms in total. The van der Waals surface area contributed by atoms with Gasteiger partial charge in [0.15, 0.2) is 21.5 Å². The van der Waals surface area contributed by atoms with Crippen LogP contribution in [0.15, 0.2) is 41.3 Å². The van der Waals surface area contributed by atoms with Gasteiger partial charge in [-0.05, 0) is 69.9 Å². The lowest BCUT2D eigenvalue weighted by Crippen LogP contribution is -2.49. The average molecular weight is 486 g/mol. The molecule has 2 aliphatic heterocycles. The van der Waals surface area contributed by atoms with Crippen LogP contribution in [0.1, 0.15) is 45.6 Å². The minimum atomic E-state index is -3.30. The molecule has 0 aliphatic carbocycles. The van der Waals surface area contributed by atoms with Gasteiger partial charge in [0, 0.05) is 38.8 Å². The van der Waals surface area contributed by atoms with Crippen molar-refractivity contribution in [3.05, 3.63) is 42.0 Å². The number of hydrogen-bond donors (Lipinski definition) is 0. The van der Waals surface area contributed by atoms with E-state index in [0.29, 0.717) is 37.1 Å². The van der Waals surface area contributed by atoms with Crippen LogP contribution in [0.3, 0.4) is 0 Å². The van der Waals surface area contributed by atoms with E-state index in [9.17, 15) is 13.2 Å². The van der Waals surface area contributed by atoms with Crippen LogP contribution < -0.4 is 9.80 Å². The molecule has 0 bridgehead atoms. The molecule has 0 spiro atoms. The van der Waals surface area contributed by atoms with Gasteiger partial charge in [0.2, 0.25) is 5.91 Å². The van der Waals surface area contributed by atoms with Gasteiger partial charge in [-0.3, -0.25) is 4.79 Å². The molecule has 2 aliphatic rings. The number of carbonyl (C=O) groups is 1. The SMILES string of the molecule is CC1CCCCN1c1ccc(N2CCN(C(=O)Cc3ccc(S(=O)(=O)C(C)C)cc3)CC2)nn1. The summed E-state index contributed by atoms with van der Waals surface area (Å²) in [5.74, 6) is 1.85. The molecule has 2 fully saturated rings. The molecule has 0 saturated carbocycles. The first kappa shape index (κ1) is 24.4. The summed E-state index contributed by atoms with van der Waals surface area (Å²) in [4.78, 5) is 19.5. The summed E-state index contributed by atoms with van der Waals surface area (Å²) in [5, 5.41) is 8.49. The van der Waals surface area contributed by atoms with Crippen molar-refractivity contribution in [2.45, 2.75) is 62.6 Å². The van der Waals surface area contributed by atoms with Crippen LogP contribution in [0.5, 0.6) is 0 Å². The second-order valence-electron chi connectivity index (χ2n) is 9.57. The minimum Gasteiger partial charge on any atom is -0.352 e. The van der Waals surface area contributed by atoms with Gasteiger partial charge in [0.05, 0.1) is 16.6 Å². The smallest absolute Gasteiger partial charge is 0.227 e. The Bertz CT molecular complexity index is 1080. The standard InChI is InChI=1S/C25H35N5O3S/c1-19(2)34(32,33)22-9-7-21(8-10-22)18-25(31)29-16-14-28(15-17-29)23-11-12-24(27-26-23)30-13-5-4-6-20(30)3/h7-12,19-20H,4-6,13-18H2,1-3H3. The maximum absolute atomic E-state index is 12.8. The molecule has 1 aromatic heterocycles. The van der Waals surface area contributed by atoms with E-state index in [2.05, 4.69) is 33.0 Å². The number of rotatable bonds is 6. The van der Waals surface area contributed by atoms with Crippen molar-refractivity contribution >= 4 is 27.4 Å². The summed E-state index contributed by atoms with van der Waals surface area (Å²) in [6.45, 7) is 9.30. The molecular formula is C25H35N5O3S. The molecule has 34 heavy (non-hydrogen) atoms. The van der Waals surface area contributed by atoms with Gasteiger partial charge in [0.25, 0.3) is 0 Å². The molecule has 3 heterocycles. The molecule has 1 amide bonds. The number of benzene rings is 1. The second-order valence-corrected chi connectivity index (χ2v) is 12.1. The largest absolute Gasteiger partial charge is 0.352 e. The van der Waals surface area contributed by atoms with Crippen LogP contribution in [-0.2, 0) is 21.1 Å².